The lowest BCUT2D eigenvalue weighted by Gasteiger charge is -2.15. The fraction of sp³-hybridized carbons (Fsp3) is 0.571. The average molecular weight is 419 g/mol. The third-order valence-corrected chi connectivity index (χ3v) is 5.94. The van der Waals surface area contributed by atoms with E-state index >= 15 is 0 Å². The van der Waals surface area contributed by atoms with E-state index in [1.807, 2.05) is 6.92 Å². The van der Waals surface area contributed by atoms with Crippen LogP contribution in [0.15, 0.2) is 34.2 Å². The summed E-state index contributed by atoms with van der Waals surface area (Å²) < 4.78 is 7.16. The number of aromatic amines is 1. The molecule has 7 nitrogen and oxygen atoms in total. The van der Waals surface area contributed by atoms with Crippen LogP contribution in [0.5, 0.6) is 0 Å². The molecule has 2 atom stereocenters. The first kappa shape index (κ1) is 21.6. The molecule has 1 aromatic heterocycles. The second-order valence-corrected chi connectivity index (χ2v) is 8.92. The standard InChI is InChI=1S/C21H30N4O3S/c1-14(2)11-16-6-8-17(9-7-16)15(3)22-19(26)13-29-21-24-23-20(27)25(21)12-18-5-4-10-28-18/h6-9,14-15,18H,4-5,10-13H2,1-3H3,(H,22,26)(H,23,27). The number of hydrogen-bond donors (Lipinski definition) is 2. The van der Waals surface area contributed by atoms with Gasteiger partial charge in [-0.15, -0.1) is 5.10 Å². The first-order valence-corrected chi connectivity index (χ1v) is 11.2. The SMILES string of the molecule is CC(C)Cc1ccc(C(C)NC(=O)CSc2n[nH]c(=O)n2CC2CCCO2)cc1. The Morgan fingerprint density at radius 3 is 2.76 bits per heavy atom. The number of carbonyl (C=O) groups is 1. The van der Waals surface area contributed by atoms with E-state index in [1.165, 1.54) is 17.3 Å². The van der Waals surface area contributed by atoms with E-state index in [0.29, 0.717) is 17.6 Å². The minimum atomic E-state index is -0.265. The first-order chi connectivity index (χ1) is 13.9. The lowest BCUT2D eigenvalue weighted by Crippen LogP contribution is -2.29. The van der Waals surface area contributed by atoms with Gasteiger partial charge >= 0.3 is 5.69 Å². The molecule has 1 amide bonds. The number of ether oxygens (including phenoxy) is 1. The van der Waals surface area contributed by atoms with Crippen molar-refractivity contribution in [1.29, 1.82) is 0 Å². The molecule has 1 saturated heterocycles. The van der Waals surface area contributed by atoms with Gasteiger partial charge in [-0.25, -0.2) is 9.89 Å². The molecule has 0 spiro atoms. The van der Waals surface area contributed by atoms with Crippen LogP contribution in [0.2, 0.25) is 0 Å². The van der Waals surface area contributed by atoms with Crippen molar-refractivity contribution >= 4 is 17.7 Å². The Balaban J connectivity index is 1.51. The second-order valence-electron chi connectivity index (χ2n) is 7.97. The molecule has 3 rings (SSSR count). The van der Waals surface area contributed by atoms with Gasteiger partial charge in [0.05, 0.1) is 24.4 Å². The van der Waals surface area contributed by atoms with Gasteiger partial charge in [-0.2, -0.15) is 0 Å². The minimum absolute atomic E-state index is 0.0390. The summed E-state index contributed by atoms with van der Waals surface area (Å²) in [7, 11) is 0. The van der Waals surface area contributed by atoms with Gasteiger partial charge in [0.25, 0.3) is 0 Å². The van der Waals surface area contributed by atoms with Crippen LogP contribution in [0.4, 0.5) is 0 Å². The number of H-pyrrole nitrogens is 1. The molecule has 0 saturated carbocycles. The van der Waals surface area contributed by atoms with E-state index in [-0.39, 0.29) is 29.5 Å². The number of thioether (sulfide) groups is 1. The third kappa shape index (κ3) is 6.21. The number of benzene rings is 1. The molecule has 8 heteroatoms. The zero-order valence-corrected chi connectivity index (χ0v) is 18.1. The number of rotatable bonds is 9. The highest BCUT2D eigenvalue weighted by atomic mass is 32.2. The van der Waals surface area contributed by atoms with E-state index in [0.717, 1.165) is 31.4 Å². The van der Waals surface area contributed by atoms with E-state index in [4.69, 9.17) is 4.74 Å². The van der Waals surface area contributed by atoms with Crippen LogP contribution in [0.25, 0.3) is 0 Å². The Hall–Kier alpha value is -2.06. The van der Waals surface area contributed by atoms with Crippen LogP contribution >= 0.6 is 11.8 Å². The smallest absolute Gasteiger partial charge is 0.344 e. The van der Waals surface area contributed by atoms with Crippen molar-refractivity contribution in [1.82, 2.24) is 20.1 Å². The van der Waals surface area contributed by atoms with Crippen LogP contribution in [0, 0.1) is 5.92 Å². The van der Waals surface area contributed by atoms with Gasteiger partial charge in [0.2, 0.25) is 5.91 Å². The maximum atomic E-state index is 12.4. The molecule has 1 fully saturated rings. The zero-order chi connectivity index (χ0) is 20.8. The van der Waals surface area contributed by atoms with Crippen LogP contribution in [0.3, 0.4) is 0 Å². The van der Waals surface area contributed by atoms with Crippen molar-refractivity contribution < 1.29 is 9.53 Å². The molecule has 158 valence electrons. The second kappa shape index (κ2) is 10.1. The summed E-state index contributed by atoms with van der Waals surface area (Å²) in [5, 5.41) is 10.1. The molecule has 2 heterocycles. The maximum absolute atomic E-state index is 12.4. The van der Waals surface area contributed by atoms with Crippen LogP contribution < -0.4 is 11.0 Å². The summed E-state index contributed by atoms with van der Waals surface area (Å²) in [6.45, 7) is 7.58. The van der Waals surface area contributed by atoms with E-state index in [1.54, 1.807) is 4.57 Å². The largest absolute Gasteiger partial charge is 0.376 e. The molecular formula is C21H30N4O3S. The highest BCUT2D eigenvalue weighted by molar-refractivity contribution is 7.99. The average Bonchev–Trinajstić information content (AvgIpc) is 3.31. The molecule has 2 N–H and O–H groups in total. The van der Waals surface area contributed by atoms with Gasteiger partial charge in [0.15, 0.2) is 5.16 Å². The summed E-state index contributed by atoms with van der Waals surface area (Å²) >= 11 is 1.26. The lowest BCUT2D eigenvalue weighted by atomic mass is 10.00. The quantitative estimate of drug-likeness (QED) is 0.611. The van der Waals surface area contributed by atoms with Crippen LogP contribution in [0.1, 0.15) is 50.8 Å². The Bertz CT molecular complexity index is 854. The van der Waals surface area contributed by atoms with Crippen molar-refractivity contribution in [3.8, 4) is 0 Å². The van der Waals surface area contributed by atoms with Crippen molar-refractivity contribution in [3.63, 3.8) is 0 Å². The number of nitrogens with one attached hydrogen (secondary N) is 2. The predicted octanol–water partition coefficient (Wildman–Crippen LogP) is 2.92. The van der Waals surface area contributed by atoms with Crippen molar-refractivity contribution in [2.45, 2.75) is 63.9 Å². The fourth-order valence-corrected chi connectivity index (χ4v) is 4.24. The van der Waals surface area contributed by atoms with Crippen molar-refractivity contribution in [3.05, 3.63) is 45.9 Å². The minimum Gasteiger partial charge on any atom is -0.376 e. The first-order valence-electron chi connectivity index (χ1n) is 10.2. The lowest BCUT2D eigenvalue weighted by molar-refractivity contribution is -0.119. The molecule has 2 aromatic rings. The summed E-state index contributed by atoms with van der Waals surface area (Å²) in [4.78, 5) is 24.4. The number of hydrogen-bond acceptors (Lipinski definition) is 5. The van der Waals surface area contributed by atoms with Crippen LogP contribution in [-0.2, 0) is 22.5 Å². The number of aromatic nitrogens is 3. The number of amides is 1. The summed E-state index contributed by atoms with van der Waals surface area (Å²) in [6.07, 6.45) is 3.04. The van der Waals surface area contributed by atoms with Gasteiger partial charge in [0.1, 0.15) is 0 Å². The van der Waals surface area contributed by atoms with Gasteiger partial charge in [-0.05, 0) is 43.2 Å². The van der Waals surface area contributed by atoms with Gasteiger partial charge in [-0.3, -0.25) is 9.36 Å². The third-order valence-electron chi connectivity index (χ3n) is 4.97. The molecule has 2 unspecified atom stereocenters. The Morgan fingerprint density at radius 1 is 1.34 bits per heavy atom. The monoisotopic (exact) mass is 418 g/mol. The summed E-state index contributed by atoms with van der Waals surface area (Å²) in [5.41, 5.74) is 2.12. The van der Waals surface area contributed by atoms with Crippen molar-refractivity contribution in [2.75, 3.05) is 12.4 Å². The molecule has 1 aliphatic heterocycles. The summed E-state index contributed by atoms with van der Waals surface area (Å²) in [6, 6.07) is 8.32. The molecule has 1 aliphatic rings. The molecular weight excluding hydrogens is 388 g/mol. The normalized spacial score (nSPS) is 17.6. The van der Waals surface area contributed by atoms with Crippen molar-refractivity contribution in [2.24, 2.45) is 5.92 Å². The van der Waals surface area contributed by atoms with Gasteiger partial charge < -0.3 is 10.1 Å². The Labute approximate surface area is 175 Å². The highest BCUT2D eigenvalue weighted by Crippen LogP contribution is 2.19. The number of carbonyl (C=O) groups excluding carboxylic acids is 1. The molecule has 29 heavy (non-hydrogen) atoms. The Morgan fingerprint density at radius 2 is 2.10 bits per heavy atom. The molecule has 0 aliphatic carbocycles. The molecule has 0 bridgehead atoms. The van der Waals surface area contributed by atoms with E-state index < -0.39 is 0 Å². The highest BCUT2D eigenvalue weighted by Gasteiger charge is 2.20. The molecule has 0 radical (unpaired) electrons. The zero-order valence-electron chi connectivity index (χ0n) is 17.3. The maximum Gasteiger partial charge on any atom is 0.344 e. The molecule has 1 aromatic carbocycles. The van der Waals surface area contributed by atoms with E-state index in [2.05, 4.69) is 53.6 Å². The fourth-order valence-electron chi connectivity index (χ4n) is 3.48. The Kier molecular flexibility index (Phi) is 7.55. The number of nitrogens with zero attached hydrogens (tertiary/aromatic N) is 2. The van der Waals surface area contributed by atoms with Crippen LogP contribution in [-0.4, -0.2) is 39.1 Å². The predicted molar refractivity (Wildman–Crippen MR) is 114 cm³/mol. The topological polar surface area (TPSA) is 89.0 Å². The summed E-state index contributed by atoms with van der Waals surface area (Å²) in [5.74, 6) is 0.730. The van der Waals surface area contributed by atoms with E-state index in [9.17, 15) is 9.59 Å². The van der Waals surface area contributed by atoms with Gasteiger partial charge in [0, 0.05) is 6.61 Å². The van der Waals surface area contributed by atoms with Gasteiger partial charge in [-0.1, -0.05) is 49.9 Å².